The first-order chi connectivity index (χ1) is 3.80. The van der Waals surface area contributed by atoms with Gasteiger partial charge in [0.05, 0.1) is 33.7 Å². The van der Waals surface area contributed by atoms with Crippen LogP contribution in [0.4, 0.5) is 0 Å². The van der Waals surface area contributed by atoms with E-state index in [0.29, 0.717) is 0 Å². The Labute approximate surface area is 61.7 Å². The van der Waals surface area contributed by atoms with Crippen molar-refractivity contribution in [2.75, 3.05) is 0 Å². The molecule has 0 amide bonds. The fourth-order valence-corrected chi connectivity index (χ4v) is 5.63. The third-order valence-electron chi connectivity index (χ3n) is 0.476. The number of carboxylic acid groups (broad SMARTS) is 1. The Hall–Kier alpha value is 0.400. The van der Waals surface area contributed by atoms with Crippen LogP contribution in [0.5, 0.6) is 0 Å². The molecule has 0 atom stereocenters. The molecule has 2 N–H and O–H groups in total. The molecule has 1 aliphatic heterocycles. The molecule has 1 heterocycles. The Bertz CT molecular complexity index is 175. The highest BCUT2D eigenvalue weighted by molar-refractivity contribution is 14.8. The lowest BCUT2D eigenvalue weighted by molar-refractivity contribution is -0.129. The van der Waals surface area contributed by atoms with Gasteiger partial charge in [-0.2, -0.15) is 3.21 Å². The van der Waals surface area contributed by atoms with Crippen LogP contribution in [0.2, 0.25) is 0 Å². The maximum atomic E-state index is 10.0. The van der Waals surface area contributed by atoms with Crippen molar-refractivity contribution in [2.45, 2.75) is 0 Å². The summed E-state index contributed by atoms with van der Waals surface area (Å²) in [5.41, 5.74) is 0. The SMILES string of the molecule is O=C(O)C1=NI=IN1. The highest BCUT2D eigenvalue weighted by Gasteiger charge is 2.08. The van der Waals surface area contributed by atoms with Crippen molar-refractivity contribution >= 4 is 45.5 Å². The normalized spacial score (nSPS) is 17.2. The minimum absolute atomic E-state index is 0.0561. The van der Waals surface area contributed by atoms with Crippen LogP contribution in [-0.4, -0.2) is 16.9 Å². The number of nitrogens with one attached hydrogen (secondary N) is 1. The predicted molar refractivity (Wildman–Crippen MR) is 46.2 cm³/mol. The predicted octanol–water partition coefficient (Wildman–Crippen LogP) is 0.759. The lowest BCUT2D eigenvalue weighted by atomic mass is 10.6. The zero-order valence-electron chi connectivity index (χ0n) is 3.56. The lowest BCUT2D eigenvalue weighted by Gasteiger charge is -1.86. The topological polar surface area (TPSA) is 61.7 Å². The van der Waals surface area contributed by atoms with Crippen LogP contribution in [-0.2, 0) is 4.79 Å². The molecule has 0 bridgehead atoms. The van der Waals surface area contributed by atoms with Gasteiger partial charge in [0.1, 0.15) is 0 Å². The minimum atomic E-state index is -0.915. The van der Waals surface area contributed by atoms with Crippen LogP contribution < -0.4 is 3.53 Å². The van der Waals surface area contributed by atoms with Gasteiger partial charge in [-0.05, 0) is 0 Å². The van der Waals surface area contributed by atoms with Gasteiger partial charge in [-0.25, -0.2) is 4.79 Å². The van der Waals surface area contributed by atoms with Gasteiger partial charge in [0.2, 0.25) is 5.84 Å². The summed E-state index contributed by atoms with van der Waals surface area (Å²) in [6.07, 6.45) is 0. The lowest BCUT2D eigenvalue weighted by Crippen LogP contribution is -2.20. The molecule has 4 nitrogen and oxygen atoms in total. The molecule has 1 aliphatic rings. The van der Waals surface area contributed by atoms with E-state index in [1.165, 1.54) is 0 Å². The van der Waals surface area contributed by atoms with Crippen molar-refractivity contribution in [3.63, 3.8) is 0 Å². The first-order valence-electron chi connectivity index (χ1n) is 1.65. The average molecular weight is 340 g/mol. The molecule has 0 aromatic rings. The van der Waals surface area contributed by atoms with Crippen LogP contribution in [0.3, 0.4) is 0 Å². The van der Waals surface area contributed by atoms with Gasteiger partial charge in [0, 0.05) is 0 Å². The summed E-state index contributed by atoms with van der Waals surface area (Å²) >= 11 is -0.182. The second-order valence-corrected chi connectivity index (χ2v) is 7.94. The minimum Gasteiger partial charge on any atom is -0.475 e. The Balaban J connectivity index is 2.64. The van der Waals surface area contributed by atoms with Crippen molar-refractivity contribution in [3.05, 3.63) is 0 Å². The van der Waals surface area contributed by atoms with Crippen LogP contribution in [0.1, 0.15) is 0 Å². The summed E-state index contributed by atoms with van der Waals surface area (Å²) in [7, 11) is 0. The number of rotatable bonds is 1. The van der Waals surface area contributed by atoms with Crippen molar-refractivity contribution < 1.29 is 9.90 Å². The number of halogens is 2. The number of hydrogen-bond acceptors (Lipinski definition) is 3. The number of aliphatic carboxylic acids is 1. The fraction of sp³-hybridized carbons (Fsp3) is 0. The number of amidine groups is 1. The summed E-state index contributed by atoms with van der Waals surface area (Å²) < 4.78 is 6.57. The van der Waals surface area contributed by atoms with Gasteiger partial charge in [-0.1, -0.05) is 0 Å². The Kier molecular flexibility index (Phi) is 2.28. The van der Waals surface area contributed by atoms with E-state index in [-0.39, 0.29) is 39.6 Å². The quantitative estimate of drug-likeness (QED) is 0.547. The van der Waals surface area contributed by atoms with Gasteiger partial charge in [0.15, 0.2) is 0 Å². The van der Waals surface area contributed by atoms with Crippen LogP contribution >= 0.6 is 33.7 Å². The standard InChI is InChI=1S/C2H2I2N2O2/c7-2(8)1-5-3-4-6-1/h(H,5,6)(H,7,8). The molecule has 0 aromatic heterocycles. The van der Waals surface area contributed by atoms with E-state index in [4.69, 9.17) is 5.11 Å². The van der Waals surface area contributed by atoms with E-state index in [1.807, 2.05) is 0 Å². The summed E-state index contributed by atoms with van der Waals surface area (Å²) in [5.74, 6) is -0.729. The highest BCUT2D eigenvalue weighted by atomic mass is 128. The Morgan fingerprint density at radius 3 is 2.88 bits per heavy atom. The molecule has 1 rings (SSSR count). The molecule has 6 heteroatoms. The molecule has 0 fully saturated rings. The highest BCUT2D eigenvalue weighted by Crippen LogP contribution is 2.20. The van der Waals surface area contributed by atoms with E-state index < -0.39 is 5.97 Å². The molecule has 0 unspecified atom stereocenters. The summed E-state index contributed by atoms with van der Waals surface area (Å²) in [4.78, 5) is 10.0. The molecule has 8 heavy (non-hydrogen) atoms. The monoisotopic (exact) mass is 340 g/mol. The first kappa shape index (κ1) is 6.52. The molecule has 0 aliphatic carbocycles. The molecular weight excluding hydrogens is 338 g/mol. The van der Waals surface area contributed by atoms with Gasteiger partial charge in [-0.15, -0.1) is 0 Å². The van der Waals surface area contributed by atoms with Crippen molar-refractivity contribution in [2.24, 2.45) is 3.21 Å². The van der Waals surface area contributed by atoms with Gasteiger partial charge < -0.3 is 8.64 Å². The summed E-state index contributed by atoms with van der Waals surface area (Å²) in [5, 5.41) is 8.26. The zero-order chi connectivity index (χ0) is 5.98. The van der Waals surface area contributed by atoms with Crippen molar-refractivity contribution in [1.29, 1.82) is 0 Å². The smallest absolute Gasteiger partial charge is 0.372 e. The number of hydrogen-bond donors (Lipinski definition) is 2. The Morgan fingerprint density at radius 1 is 1.88 bits per heavy atom. The largest absolute Gasteiger partial charge is 0.475 e. The third-order valence-corrected chi connectivity index (χ3v) is 5.85. The molecule has 0 saturated carbocycles. The number of carboxylic acids is 1. The molecule has 0 aromatic carbocycles. The molecule has 0 spiro atoms. The third kappa shape index (κ3) is 1.44. The van der Waals surface area contributed by atoms with E-state index >= 15 is 0 Å². The van der Waals surface area contributed by atoms with Crippen molar-refractivity contribution in [3.8, 4) is 0 Å². The Morgan fingerprint density at radius 2 is 2.62 bits per heavy atom. The van der Waals surface area contributed by atoms with Gasteiger partial charge in [0.25, 0.3) is 0 Å². The maximum absolute atomic E-state index is 10.0. The fourth-order valence-electron chi connectivity index (χ4n) is 0.190. The second-order valence-electron chi connectivity index (χ2n) is 0.968. The van der Waals surface area contributed by atoms with Gasteiger partial charge >= 0.3 is 5.97 Å². The second kappa shape index (κ2) is 2.80. The maximum Gasteiger partial charge on any atom is 0.372 e. The van der Waals surface area contributed by atoms with E-state index in [1.54, 1.807) is 0 Å². The van der Waals surface area contributed by atoms with E-state index in [9.17, 15) is 4.79 Å². The molecule has 0 saturated heterocycles. The average Bonchev–Trinajstić information content (AvgIpc) is 2.12. The zero-order valence-corrected chi connectivity index (χ0v) is 7.87. The van der Waals surface area contributed by atoms with E-state index in [2.05, 4.69) is 6.74 Å². The van der Waals surface area contributed by atoms with E-state index in [0.717, 1.165) is 0 Å². The first-order valence-corrected chi connectivity index (χ1v) is 9.98. The molecular formula is C2H2I2N2O2. The molecule has 46 valence electrons. The van der Waals surface area contributed by atoms with Crippen LogP contribution in [0, 0.1) is 0 Å². The molecule has 0 radical (unpaired) electrons. The van der Waals surface area contributed by atoms with Crippen LogP contribution in [0.15, 0.2) is 3.21 Å². The summed E-state index contributed by atoms with van der Waals surface area (Å²) in [6, 6.07) is 0. The number of carbonyl (C=O) groups is 1. The van der Waals surface area contributed by atoms with Crippen LogP contribution in [0.25, 0.3) is 0 Å². The number of nitrogens with zero attached hydrogens (tertiary/aromatic N) is 1. The summed E-state index contributed by atoms with van der Waals surface area (Å²) in [6.45, 7) is 0. The van der Waals surface area contributed by atoms with Crippen molar-refractivity contribution in [1.82, 2.24) is 3.53 Å². The van der Waals surface area contributed by atoms with Gasteiger partial charge in [-0.3, -0.25) is 0 Å².